The maximum Gasteiger partial charge on any atom is 0.410 e. The van der Waals surface area contributed by atoms with Crippen LogP contribution >= 0.6 is 11.6 Å². The Morgan fingerprint density at radius 3 is 2.76 bits per heavy atom. The number of aliphatic hydroxyl groups excluding tert-OH is 1. The minimum atomic E-state index is -0.513. The first-order valence-corrected chi connectivity index (χ1v) is 10.5. The van der Waals surface area contributed by atoms with Gasteiger partial charge in [0.15, 0.2) is 0 Å². The molecule has 156 valence electrons. The van der Waals surface area contributed by atoms with Crippen molar-refractivity contribution < 1.29 is 19.4 Å². The molecular formula is C23H28ClNO4. The minimum absolute atomic E-state index is 0.0795. The average molecular weight is 418 g/mol. The van der Waals surface area contributed by atoms with E-state index in [9.17, 15) is 9.90 Å². The van der Waals surface area contributed by atoms with Crippen LogP contribution in [0.2, 0.25) is 5.02 Å². The van der Waals surface area contributed by atoms with Gasteiger partial charge in [-0.2, -0.15) is 0 Å². The van der Waals surface area contributed by atoms with Gasteiger partial charge in [-0.05, 0) is 55.5 Å². The first kappa shape index (κ1) is 21.5. The molecule has 0 saturated carbocycles. The number of amides is 1. The smallest absolute Gasteiger partial charge is 0.410 e. The average Bonchev–Trinajstić information content (AvgIpc) is 3.09. The number of nitrogens with zero attached hydrogens (tertiary/aromatic N) is 1. The summed E-state index contributed by atoms with van der Waals surface area (Å²) in [5.74, 6) is 0.812. The third-order valence-corrected chi connectivity index (χ3v) is 5.39. The highest BCUT2D eigenvalue weighted by molar-refractivity contribution is 6.30. The van der Waals surface area contributed by atoms with Crippen molar-refractivity contribution in [2.24, 2.45) is 0 Å². The summed E-state index contributed by atoms with van der Waals surface area (Å²) in [6.45, 7) is 2.87. The minimum Gasteiger partial charge on any atom is -0.493 e. The van der Waals surface area contributed by atoms with E-state index in [-0.39, 0.29) is 12.1 Å². The summed E-state index contributed by atoms with van der Waals surface area (Å²) < 4.78 is 11.1. The molecule has 0 bridgehead atoms. The summed E-state index contributed by atoms with van der Waals surface area (Å²) >= 11 is 6.19. The summed E-state index contributed by atoms with van der Waals surface area (Å²) in [6, 6.07) is 15.9. The molecule has 2 atom stereocenters. The normalized spacial score (nSPS) is 18.7. The first-order valence-electron chi connectivity index (χ1n) is 10.1. The van der Waals surface area contributed by atoms with Crippen LogP contribution in [0.4, 0.5) is 4.79 Å². The zero-order valence-corrected chi connectivity index (χ0v) is 17.5. The molecule has 0 unspecified atom stereocenters. The van der Waals surface area contributed by atoms with E-state index in [1.807, 2.05) is 36.4 Å². The zero-order valence-electron chi connectivity index (χ0n) is 16.7. The maximum atomic E-state index is 12.1. The highest BCUT2D eigenvalue weighted by Gasteiger charge is 2.35. The van der Waals surface area contributed by atoms with Gasteiger partial charge in [0.2, 0.25) is 0 Å². The van der Waals surface area contributed by atoms with Gasteiger partial charge >= 0.3 is 6.09 Å². The van der Waals surface area contributed by atoms with Crippen LogP contribution in [0.15, 0.2) is 48.5 Å². The van der Waals surface area contributed by atoms with E-state index in [4.69, 9.17) is 21.1 Å². The molecule has 1 saturated heterocycles. The molecule has 1 fully saturated rings. The molecule has 1 amide bonds. The third-order valence-electron chi connectivity index (χ3n) is 5.15. The molecule has 0 aliphatic carbocycles. The van der Waals surface area contributed by atoms with Gasteiger partial charge in [0, 0.05) is 17.5 Å². The Hall–Kier alpha value is -2.24. The lowest BCUT2D eigenvalue weighted by Gasteiger charge is -2.23. The summed E-state index contributed by atoms with van der Waals surface area (Å²) in [7, 11) is 0. The number of hydrogen-bond donors (Lipinski definition) is 1. The molecule has 2 aromatic rings. The van der Waals surface area contributed by atoms with Crippen LogP contribution < -0.4 is 4.74 Å². The Balaban J connectivity index is 1.58. The van der Waals surface area contributed by atoms with E-state index in [0.29, 0.717) is 37.6 Å². The van der Waals surface area contributed by atoms with Gasteiger partial charge in [0.1, 0.15) is 5.75 Å². The van der Waals surface area contributed by atoms with Gasteiger partial charge in [0.05, 0.1) is 25.9 Å². The van der Waals surface area contributed by atoms with Gasteiger partial charge in [-0.1, -0.05) is 41.9 Å². The van der Waals surface area contributed by atoms with Crippen LogP contribution in [-0.4, -0.2) is 48.0 Å². The second-order valence-electron chi connectivity index (χ2n) is 7.27. The number of benzene rings is 2. The zero-order chi connectivity index (χ0) is 20.6. The number of aliphatic hydroxyl groups is 1. The molecule has 1 aliphatic rings. The number of aryl methyl sites for hydroxylation is 2. The molecule has 0 spiro atoms. The topological polar surface area (TPSA) is 59.0 Å². The van der Waals surface area contributed by atoms with Crippen LogP contribution in [-0.2, 0) is 17.6 Å². The van der Waals surface area contributed by atoms with E-state index >= 15 is 0 Å². The Kier molecular flexibility index (Phi) is 7.78. The number of hydrogen-bond acceptors (Lipinski definition) is 4. The lowest BCUT2D eigenvalue weighted by Crippen LogP contribution is -2.37. The van der Waals surface area contributed by atoms with Gasteiger partial charge in [0.25, 0.3) is 0 Å². The van der Waals surface area contributed by atoms with Gasteiger partial charge < -0.3 is 19.5 Å². The number of carbonyl (C=O) groups excluding carboxylic acids is 1. The Labute approximate surface area is 177 Å². The predicted molar refractivity (Wildman–Crippen MR) is 114 cm³/mol. The second kappa shape index (κ2) is 10.5. The standard InChI is InChI=1S/C23H28ClNO4/c1-2-28-23(27)25-16-21(26)15-20(25)12-13-29-22-11-10-19(24)14-18(22)9-8-17-6-4-3-5-7-17/h3-7,10-11,14,20-21,26H,2,8-9,12-13,15-16H2,1H3/t20-,21-/m1/s1. The van der Waals surface area contributed by atoms with Crippen molar-refractivity contribution >= 4 is 17.7 Å². The third kappa shape index (κ3) is 6.12. The first-order chi connectivity index (χ1) is 14.1. The highest BCUT2D eigenvalue weighted by Crippen LogP contribution is 2.26. The van der Waals surface area contributed by atoms with Crippen molar-refractivity contribution in [3.63, 3.8) is 0 Å². The van der Waals surface area contributed by atoms with Crippen molar-refractivity contribution in [1.82, 2.24) is 4.90 Å². The molecule has 29 heavy (non-hydrogen) atoms. The van der Waals surface area contributed by atoms with Crippen LogP contribution in [0.25, 0.3) is 0 Å². The lowest BCUT2D eigenvalue weighted by atomic mass is 10.0. The van der Waals surface area contributed by atoms with Crippen molar-refractivity contribution in [2.75, 3.05) is 19.8 Å². The summed E-state index contributed by atoms with van der Waals surface area (Å²) in [5, 5.41) is 10.6. The largest absolute Gasteiger partial charge is 0.493 e. The fourth-order valence-corrected chi connectivity index (χ4v) is 3.90. The number of carbonyl (C=O) groups is 1. The summed E-state index contributed by atoms with van der Waals surface area (Å²) in [5.41, 5.74) is 2.33. The quantitative estimate of drug-likeness (QED) is 0.687. The lowest BCUT2D eigenvalue weighted by molar-refractivity contribution is 0.0941. The Morgan fingerprint density at radius 2 is 2.00 bits per heavy atom. The summed E-state index contributed by atoms with van der Waals surface area (Å²) in [4.78, 5) is 13.7. The number of halogens is 1. The number of likely N-dealkylation sites (tertiary alicyclic amines) is 1. The fraction of sp³-hybridized carbons (Fsp3) is 0.435. The molecule has 5 nitrogen and oxygen atoms in total. The molecule has 1 aliphatic heterocycles. The van der Waals surface area contributed by atoms with Crippen LogP contribution in [0.1, 0.15) is 30.9 Å². The molecule has 0 radical (unpaired) electrons. The fourth-order valence-electron chi connectivity index (χ4n) is 3.71. The SMILES string of the molecule is CCOC(=O)N1C[C@H](O)C[C@H]1CCOc1ccc(Cl)cc1CCc1ccccc1. The molecule has 6 heteroatoms. The molecule has 3 rings (SSSR count). The van der Waals surface area contributed by atoms with E-state index in [0.717, 1.165) is 24.2 Å². The van der Waals surface area contributed by atoms with Crippen molar-refractivity contribution in [3.8, 4) is 5.75 Å². The number of rotatable bonds is 8. The second-order valence-corrected chi connectivity index (χ2v) is 7.71. The van der Waals surface area contributed by atoms with Gasteiger partial charge in [-0.3, -0.25) is 0 Å². The van der Waals surface area contributed by atoms with E-state index < -0.39 is 6.10 Å². The van der Waals surface area contributed by atoms with E-state index in [2.05, 4.69) is 12.1 Å². The van der Waals surface area contributed by atoms with Crippen molar-refractivity contribution in [2.45, 2.75) is 44.8 Å². The Bertz CT molecular complexity index is 799. The molecule has 1 heterocycles. The molecule has 2 aromatic carbocycles. The van der Waals surface area contributed by atoms with Gasteiger partial charge in [-0.15, -0.1) is 0 Å². The number of ether oxygens (including phenoxy) is 2. The Morgan fingerprint density at radius 1 is 1.21 bits per heavy atom. The van der Waals surface area contributed by atoms with E-state index in [1.54, 1.807) is 11.8 Å². The van der Waals surface area contributed by atoms with Crippen molar-refractivity contribution in [3.05, 3.63) is 64.7 Å². The molecular weight excluding hydrogens is 390 g/mol. The van der Waals surface area contributed by atoms with E-state index in [1.165, 1.54) is 5.56 Å². The van der Waals surface area contributed by atoms with Crippen LogP contribution in [0.3, 0.4) is 0 Å². The van der Waals surface area contributed by atoms with Gasteiger partial charge in [-0.25, -0.2) is 4.79 Å². The highest BCUT2D eigenvalue weighted by atomic mass is 35.5. The number of β-amino-alcohol motifs (C(OH)–C–C–N with tert-alkyl or cyclic N) is 1. The summed E-state index contributed by atoms with van der Waals surface area (Å²) in [6.07, 6.45) is 2.03. The predicted octanol–water partition coefficient (Wildman–Crippen LogP) is 4.49. The van der Waals surface area contributed by atoms with Crippen molar-refractivity contribution in [1.29, 1.82) is 0 Å². The molecule has 0 aromatic heterocycles. The molecule has 1 N–H and O–H groups in total. The maximum absolute atomic E-state index is 12.1. The monoisotopic (exact) mass is 417 g/mol. The van der Waals surface area contributed by atoms with Crippen LogP contribution in [0, 0.1) is 0 Å². The van der Waals surface area contributed by atoms with Crippen LogP contribution in [0.5, 0.6) is 5.75 Å².